The molecule has 2 aliphatic carbocycles. The van der Waals surface area contributed by atoms with E-state index in [2.05, 4.69) is 0 Å². The molecule has 0 aliphatic heterocycles. The van der Waals surface area contributed by atoms with E-state index in [0.29, 0.717) is 24.8 Å². The third kappa shape index (κ3) is 5.86. The minimum absolute atomic E-state index is 0.0861. The van der Waals surface area contributed by atoms with Crippen LogP contribution >= 0.6 is 0 Å². The Hall–Kier alpha value is -1.48. The van der Waals surface area contributed by atoms with Crippen molar-refractivity contribution in [2.75, 3.05) is 13.7 Å². The average Bonchev–Trinajstić information content (AvgIpc) is 2.76. The Labute approximate surface area is 184 Å². The monoisotopic (exact) mass is 442 g/mol. The molecule has 31 heavy (non-hydrogen) atoms. The van der Waals surface area contributed by atoms with Gasteiger partial charge in [0, 0.05) is 6.92 Å². The van der Waals surface area contributed by atoms with Crippen LogP contribution in [0.1, 0.15) is 66.2 Å². The van der Waals surface area contributed by atoms with E-state index < -0.39 is 52.6 Å². The lowest BCUT2D eigenvalue weighted by atomic mass is 9.63. The number of ether oxygens (including phenoxy) is 2. The summed E-state index contributed by atoms with van der Waals surface area (Å²) in [4.78, 5) is 24.4. The number of aliphatic hydroxyl groups excluding tert-OH is 2. The van der Waals surface area contributed by atoms with Crippen molar-refractivity contribution in [1.29, 1.82) is 0 Å². The number of methoxy groups -OCH3 is 1. The molecule has 8 heteroatoms. The Bertz CT molecular complexity index is 696. The molecule has 0 saturated heterocycles. The lowest BCUT2D eigenvalue weighted by molar-refractivity contribution is -0.170. The quantitative estimate of drug-likeness (QED) is 0.344. The van der Waals surface area contributed by atoms with Gasteiger partial charge in [-0.25, -0.2) is 0 Å². The molecule has 2 fully saturated rings. The molecule has 6 atom stereocenters. The topological polar surface area (TPSA) is 134 Å². The van der Waals surface area contributed by atoms with Crippen molar-refractivity contribution in [3.05, 3.63) is 11.6 Å². The van der Waals surface area contributed by atoms with Crippen LogP contribution in [0, 0.1) is 17.3 Å². The number of esters is 2. The molecule has 0 aromatic rings. The second-order valence-electron chi connectivity index (χ2n) is 10.1. The van der Waals surface area contributed by atoms with Crippen LogP contribution in [-0.4, -0.2) is 69.5 Å². The molecule has 2 rings (SSSR count). The highest BCUT2D eigenvalue weighted by molar-refractivity contribution is 5.75. The molecule has 2 saturated carbocycles. The van der Waals surface area contributed by atoms with Gasteiger partial charge in [-0.15, -0.1) is 0 Å². The number of hydrogen-bond acceptors (Lipinski definition) is 8. The minimum atomic E-state index is -1.37. The molecule has 4 N–H and O–H groups in total. The Morgan fingerprint density at radius 1 is 1.26 bits per heavy atom. The van der Waals surface area contributed by atoms with Crippen LogP contribution in [0.2, 0.25) is 0 Å². The zero-order chi connectivity index (χ0) is 23.6. The lowest BCUT2D eigenvalue weighted by Gasteiger charge is -2.47. The summed E-state index contributed by atoms with van der Waals surface area (Å²) in [7, 11) is 1.28. The first-order valence-corrected chi connectivity index (χ1v) is 10.9. The van der Waals surface area contributed by atoms with Crippen LogP contribution in [0.4, 0.5) is 0 Å². The first-order valence-electron chi connectivity index (χ1n) is 10.9. The smallest absolute Gasteiger partial charge is 0.312 e. The van der Waals surface area contributed by atoms with Crippen LogP contribution in [0.25, 0.3) is 0 Å². The van der Waals surface area contributed by atoms with Gasteiger partial charge in [0.1, 0.15) is 6.61 Å². The summed E-state index contributed by atoms with van der Waals surface area (Å²) >= 11 is 0. The maximum atomic E-state index is 12.9. The molecule has 0 heterocycles. The maximum absolute atomic E-state index is 12.9. The molecule has 0 aromatic heterocycles. The zero-order valence-corrected chi connectivity index (χ0v) is 19.3. The fourth-order valence-electron chi connectivity index (χ4n) is 5.15. The maximum Gasteiger partial charge on any atom is 0.312 e. The van der Waals surface area contributed by atoms with Gasteiger partial charge in [0.25, 0.3) is 0 Å². The van der Waals surface area contributed by atoms with Crippen molar-refractivity contribution in [3.8, 4) is 0 Å². The van der Waals surface area contributed by atoms with Gasteiger partial charge < -0.3 is 29.9 Å². The molecule has 2 bridgehead atoms. The van der Waals surface area contributed by atoms with Gasteiger partial charge in [0.2, 0.25) is 0 Å². The van der Waals surface area contributed by atoms with E-state index in [1.54, 1.807) is 6.08 Å². The summed E-state index contributed by atoms with van der Waals surface area (Å²) in [5.41, 5.74) is -2.66. The molecule has 0 radical (unpaired) electrons. The minimum Gasteiger partial charge on any atom is -0.469 e. The van der Waals surface area contributed by atoms with Gasteiger partial charge in [-0.3, -0.25) is 9.59 Å². The summed E-state index contributed by atoms with van der Waals surface area (Å²) < 4.78 is 10.3. The molecule has 0 spiro atoms. The Morgan fingerprint density at radius 3 is 2.45 bits per heavy atom. The Morgan fingerprint density at radius 2 is 1.90 bits per heavy atom. The van der Waals surface area contributed by atoms with Crippen LogP contribution in [0.3, 0.4) is 0 Å². The SMILES string of the molecule is COC(=O)[C@@H]1[C@@H](/C(=C\C[C@H](O)C(C)(C)O)COC(C)=O)CC[C@@]2(C)C[C@]1(O)CC[C@@H]2O. The van der Waals surface area contributed by atoms with E-state index in [9.17, 15) is 30.0 Å². The van der Waals surface area contributed by atoms with Crippen molar-refractivity contribution >= 4 is 11.9 Å². The summed E-state index contributed by atoms with van der Waals surface area (Å²) in [5.74, 6) is -2.44. The standard InChI is InChI=1S/C23H38O8/c1-14(24)31-12-15(6-7-17(25)21(2,3)28)16-8-10-22(4)13-23(29,11-9-18(22)26)19(16)20(27)30-5/h6,16-19,25-26,28-29H,7-13H2,1-5H3/b15-6-/t16-,17+,18+,19+,22+,23-/m1/s1. The van der Waals surface area contributed by atoms with Crippen molar-refractivity contribution in [2.45, 2.75) is 89.6 Å². The van der Waals surface area contributed by atoms with Gasteiger partial charge in [-0.2, -0.15) is 0 Å². The summed E-state index contributed by atoms with van der Waals surface area (Å²) in [5, 5.41) is 42.5. The van der Waals surface area contributed by atoms with Crippen molar-refractivity contribution in [1.82, 2.24) is 0 Å². The highest BCUT2D eigenvalue weighted by Gasteiger charge is 2.57. The molecule has 0 amide bonds. The van der Waals surface area contributed by atoms with E-state index in [-0.39, 0.29) is 25.9 Å². The third-order valence-electron chi connectivity index (χ3n) is 7.17. The van der Waals surface area contributed by atoms with E-state index in [1.165, 1.54) is 27.9 Å². The van der Waals surface area contributed by atoms with E-state index >= 15 is 0 Å². The van der Waals surface area contributed by atoms with Gasteiger partial charge in [-0.05, 0) is 69.3 Å². The summed E-state index contributed by atoms with van der Waals surface area (Å²) in [6.07, 6.45) is 2.07. The fraction of sp³-hybridized carbons (Fsp3) is 0.826. The Kier molecular flexibility index (Phi) is 7.95. The van der Waals surface area contributed by atoms with Gasteiger partial charge in [0.15, 0.2) is 0 Å². The summed E-state index contributed by atoms with van der Waals surface area (Å²) in [6.45, 7) is 6.10. The number of aliphatic hydroxyl groups is 4. The van der Waals surface area contributed by atoms with Crippen molar-refractivity contribution in [3.63, 3.8) is 0 Å². The van der Waals surface area contributed by atoms with Crippen LogP contribution in [0.15, 0.2) is 11.6 Å². The highest BCUT2D eigenvalue weighted by Crippen LogP contribution is 2.54. The first kappa shape index (κ1) is 25.8. The number of carbonyl (C=O) groups excluding carboxylic acids is 2. The van der Waals surface area contributed by atoms with E-state index in [1.807, 2.05) is 6.92 Å². The van der Waals surface area contributed by atoms with Crippen LogP contribution in [-0.2, 0) is 19.1 Å². The highest BCUT2D eigenvalue weighted by atomic mass is 16.5. The van der Waals surface area contributed by atoms with Gasteiger partial charge >= 0.3 is 11.9 Å². The largest absolute Gasteiger partial charge is 0.469 e. The molecule has 0 aromatic carbocycles. The Balaban J connectivity index is 2.49. The third-order valence-corrected chi connectivity index (χ3v) is 7.17. The first-order chi connectivity index (χ1) is 14.2. The average molecular weight is 443 g/mol. The molecule has 2 aliphatic rings. The van der Waals surface area contributed by atoms with Crippen LogP contribution in [0.5, 0.6) is 0 Å². The normalized spacial score (nSPS) is 35.1. The zero-order valence-electron chi connectivity index (χ0n) is 19.3. The number of hydrogen-bond donors (Lipinski definition) is 4. The predicted octanol–water partition coefficient (Wildman–Crippen LogP) is 1.48. The molecular weight excluding hydrogens is 404 g/mol. The molecule has 178 valence electrons. The second kappa shape index (κ2) is 9.57. The number of rotatable bonds is 7. The number of fused-ring (bicyclic) bond motifs is 2. The van der Waals surface area contributed by atoms with Crippen LogP contribution < -0.4 is 0 Å². The molecule has 8 nitrogen and oxygen atoms in total. The van der Waals surface area contributed by atoms with Gasteiger partial charge in [0.05, 0.1) is 36.4 Å². The molecule has 0 unspecified atom stereocenters. The van der Waals surface area contributed by atoms with Gasteiger partial charge in [-0.1, -0.05) is 13.0 Å². The van der Waals surface area contributed by atoms with E-state index in [4.69, 9.17) is 9.47 Å². The number of carbonyl (C=O) groups is 2. The molecular formula is C23H38O8. The predicted molar refractivity (Wildman–Crippen MR) is 113 cm³/mol. The second-order valence-corrected chi connectivity index (χ2v) is 10.1. The van der Waals surface area contributed by atoms with Crippen molar-refractivity contribution < 1.29 is 39.5 Å². The lowest BCUT2D eigenvalue weighted by Crippen LogP contribution is -2.53. The summed E-state index contributed by atoms with van der Waals surface area (Å²) in [6, 6.07) is 0. The van der Waals surface area contributed by atoms with Crippen molar-refractivity contribution in [2.24, 2.45) is 17.3 Å². The fourth-order valence-corrected chi connectivity index (χ4v) is 5.15. The van der Waals surface area contributed by atoms with E-state index in [0.717, 1.165) is 0 Å².